The highest BCUT2D eigenvalue weighted by molar-refractivity contribution is 6.30. The number of ether oxygens (including phenoxy) is 2. The first-order chi connectivity index (χ1) is 18.7. The summed E-state index contributed by atoms with van der Waals surface area (Å²) < 4.78 is 12.4. The molecule has 0 bridgehead atoms. The molecule has 0 spiro atoms. The second kappa shape index (κ2) is 8.71. The van der Waals surface area contributed by atoms with Crippen LogP contribution in [0, 0.1) is 0 Å². The molecule has 0 heterocycles. The molecule has 7 rings (SSSR count). The molecule has 0 atom stereocenters. The summed E-state index contributed by atoms with van der Waals surface area (Å²) in [6, 6.07) is 37.7. The zero-order valence-electron chi connectivity index (χ0n) is 20.2. The Morgan fingerprint density at radius 2 is 0.816 bits per heavy atom. The molecule has 0 saturated heterocycles. The van der Waals surface area contributed by atoms with E-state index in [0.29, 0.717) is 34.1 Å². The van der Waals surface area contributed by atoms with Crippen LogP contribution in [0.3, 0.4) is 0 Å². The molecule has 0 amide bonds. The summed E-state index contributed by atoms with van der Waals surface area (Å²) in [5.41, 5.74) is 1.13. The Morgan fingerprint density at radius 3 is 1.26 bits per heavy atom. The number of rotatable bonds is 4. The van der Waals surface area contributed by atoms with Gasteiger partial charge in [0, 0.05) is 11.1 Å². The Morgan fingerprint density at radius 1 is 0.395 bits per heavy atom. The molecular weight excluding hydrogens is 472 g/mol. The lowest BCUT2D eigenvalue weighted by Gasteiger charge is -2.22. The van der Waals surface area contributed by atoms with Gasteiger partial charge in [-0.2, -0.15) is 0 Å². The van der Waals surface area contributed by atoms with Crippen LogP contribution in [0.25, 0.3) is 21.5 Å². The van der Waals surface area contributed by atoms with Crippen LogP contribution >= 0.6 is 0 Å². The summed E-state index contributed by atoms with van der Waals surface area (Å²) in [6.07, 6.45) is 0. The number of benzene rings is 6. The molecule has 1 aliphatic carbocycles. The van der Waals surface area contributed by atoms with Gasteiger partial charge in [-0.1, -0.05) is 84.9 Å². The fraction of sp³-hybridized carbons (Fsp3) is 0. The van der Waals surface area contributed by atoms with Crippen molar-refractivity contribution in [2.75, 3.05) is 0 Å². The maximum Gasteiger partial charge on any atom is 0.198 e. The standard InChI is InChI=1S/C34H20O4/c35-33-28-12-6-14-30(38-26-18-16-22-8-2-4-10-24(22)20-26)32(28)34(36)27-11-5-13-29(31(27)33)37-25-17-15-21-7-1-3-9-23(21)19-25/h1-20H. The summed E-state index contributed by atoms with van der Waals surface area (Å²) in [4.78, 5) is 27.5. The molecule has 0 aromatic heterocycles. The van der Waals surface area contributed by atoms with Gasteiger partial charge in [0.1, 0.15) is 23.0 Å². The van der Waals surface area contributed by atoms with E-state index in [0.717, 1.165) is 21.5 Å². The Balaban J connectivity index is 1.27. The van der Waals surface area contributed by atoms with Crippen molar-refractivity contribution < 1.29 is 19.1 Å². The van der Waals surface area contributed by atoms with E-state index < -0.39 is 0 Å². The van der Waals surface area contributed by atoms with E-state index in [2.05, 4.69) is 0 Å². The van der Waals surface area contributed by atoms with Crippen LogP contribution < -0.4 is 9.47 Å². The smallest absolute Gasteiger partial charge is 0.198 e. The van der Waals surface area contributed by atoms with E-state index >= 15 is 0 Å². The predicted octanol–water partition coefficient (Wildman–Crippen LogP) is 8.35. The highest BCUT2D eigenvalue weighted by Crippen LogP contribution is 2.40. The number of ketones is 2. The summed E-state index contributed by atoms with van der Waals surface area (Å²) in [6.45, 7) is 0. The summed E-state index contributed by atoms with van der Waals surface area (Å²) in [5.74, 6) is 1.35. The zero-order valence-corrected chi connectivity index (χ0v) is 20.2. The van der Waals surface area contributed by atoms with E-state index in [9.17, 15) is 9.59 Å². The molecule has 180 valence electrons. The van der Waals surface area contributed by atoms with Crippen molar-refractivity contribution in [2.24, 2.45) is 0 Å². The molecule has 0 unspecified atom stereocenters. The topological polar surface area (TPSA) is 52.6 Å². The lowest BCUT2D eigenvalue weighted by atomic mass is 9.83. The molecule has 6 aromatic rings. The molecule has 4 nitrogen and oxygen atoms in total. The van der Waals surface area contributed by atoms with E-state index in [1.807, 2.05) is 84.9 Å². The second-order valence-corrected chi connectivity index (χ2v) is 9.24. The number of hydrogen-bond donors (Lipinski definition) is 0. The van der Waals surface area contributed by atoms with Gasteiger partial charge in [-0.25, -0.2) is 0 Å². The Bertz CT molecular complexity index is 1780. The molecule has 0 radical (unpaired) electrons. The van der Waals surface area contributed by atoms with Gasteiger partial charge < -0.3 is 9.47 Å². The quantitative estimate of drug-likeness (QED) is 0.248. The third-order valence-electron chi connectivity index (χ3n) is 6.89. The third kappa shape index (κ3) is 3.62. The van der Waals surface area contributed by atoms with E-state index in [1.54, 1.807) is 36.4 Å². The van der Waals surface area contributed by atoms with Crippen LogP contribution in [-0.4, -0.2) is 11.6 Å². The minimum absolute atomic E-state index is 0.265. The molecule has 0 fully saturated rings. The van der Waals surface area contributed by atoms with Crippen molar-refractivity contribution in [2.45, 2.75) is 0 Å². The normalized spacial score (nSPS) is 12.3. The van der Waals surface area contributed by atoms with Crippen molar-refractivity contribution in [3.05, 3.63) is 144 Å². The maximum atomic E-state index is 13.8. The minimum Gasteiger partial charge on any atom is -0.457 e. The average molecular weight is 493 g/mol. The van der Waals surface area contributed by atoms with E-state index in [-0.39, 0.29) is 22.7 Å². The van der Waals surface area contributed by atoms with Gasteiger partial charge in [0.25, 0.3) is 0 Å². The highest BCUT2D eigenvalue weighted by atomic mass is 16.5. The Hall–Kier alpha value is -5.22. The van der Waals surface area contributed by atoms with Crippen molar-refractivity contribution in [3.63, 3.8) is 0 Å². The van der Waals surface area contributed by atoms with Gasteiger partial charge >= 0.3 is 0 Å². The van der Waals surface area contributed by atoms with Gasteiger partial charge in [0.05, 0.1) is 11.1 Å². The van der Waals surface area contributed by atoms with Crippen molar-refractivity contribution in [3.8, 4) is 23.0 Å². The fourth-order valence-corrected chi connectivity index (χ4v) is 5.06. The maximum absolute atomic E-state index is 13.8. The van der Waals surface area contributed by atoms with Crippen molar-refractivity contribution in [1.29, 1.82) is 0 Å². The van der Waals surface area contributed by atoms with Gasteiger partial charge in [-0.15, -0.1) is 0 Å². The Labute approximate surface area is 218 Å². The number of carbonyl (C=O) groups is 2. The van der Waals surface area contributed by atoms with Gasteiger partial charge in [-0.3, -0.25) is 9.59 Å². The number of hydrogen-bond acceptors (Lipinski definition) is 4. The molecule has 6 aromatic carbocycles. The molecule has 38 heavy (non-hydrogen) atoms. The fourth-order valence-electron chi connectivity index (χ4n) is 5.06. The van der Waals surface area contributed by atoms with Crippen LogP contribution in [0.2, 0.25) is 0 Å². The SMILES string of the molecule is O=C1c2cccc(Oc3ccc4ccccc4c3)c2C(=O)c2cccc(Oc3ccc4ccccc4c3)c21. The van der Waals surface area contributed by atoms with Crippen LogP contribution in [0.1, 0.15) is 31.8 Å². The summed E-state index contributed by atoms with van der Waals surface area (Å²) >= 11 is 0. The molecule has 0 saturated carbocycles. The lowest BCUT2D eigenvalue weighted by molar-refractivity contribution is 0.0975. The van der Waals surface area contributed by atoms with Crippen LogP contribution in [-0.2, 0) is 0 Å². The molecule has 1 aliphatic rings. The zero-order chi connectivity index (χ0) is 25.6. The van der Waals surface area contributed by atoms with E-state index in [4.69, 9.17) is 9.47 Å². The molecule has 0 aliphatic heterocycles. The van der Waals surface area contributed by atoms with Crippen LogP contribution in [0.4, 0.5) is 0 Å². The van der Waals surface area contributed by atoms with Crippen molar-refractivity contribution in [1.82, 2.24) is 0 Å². The summed E-state index contributed by atoms with van der Waals surface area (Å²) in [5, 5.41) is 4.24. The first kappa shape index (κ1) is 22.0. The predicted molar refractivity (Wildman–Crippen MR) is 148 cm³/mol. The Kier molecular flexibility index (Phi) is 5.05. The van der Waals surface area contributed by atoms with Gasteiger partial charge in [0.15, 0.2) is 11.6 Å². The van der Waals surface area contributed by atoms with Gasteiger partial charge in [-0.05, 0) is 57.9 Å². The molecule has 4 heteroatoms. The summed E-state index contributed by atoms with van der Waals surface area (Å²) in [7, 11) is 0. The number of carbonyl (C=O) groups excluding carboxylic acids is 2. The lowest BCUT2D eigenvalue weighted by Crippen LogP contribution is -2.22. The third-order valence-corrected chi connectivity index (χ3v) is 6.89. The first-order valence-electron chi connectivity index (χ1n) is 12.3. The monoisotopic (exact) mass is 492 g/mol. The van der Waals surface area contributed by atoms with Crippen molar-refractivity contribution >= 4 is 33.1 Å². The minimum atomic E-state index is -0.269. The van der Waals surface area contributed by atoms with Crippen LogP contribution in [0.5, 0.6) is 23.0 Å². The van der Waals surface area contributed by atoms with E-state index in [1.165, 1.54) is 0 Å². The first-order valence-corrected chi connectivity index (χ1v) is 12.3. The average Bonchev–Trinajstić information content (AvgIpc) is 2.95. The van der Waals surface area contributed by atoms with Gasteiger partial charge in [0.2, 0.25) is 0 Å². The highest BCUT2D eigenvalue weighted by Gasteiger charge is 2.35. The molecule has 0 N–H and O–H groups in total. The van der Waals surface area contributed by atoms with Crippen LogP contribution in [0.15, 0.2) is 121 Å². The second-order valence-electron chi connectivity index (χ2n) is 9.24. The molecular formula is C34H20O4. The number of fused-ring (bicyclic) bond motifs is 4. The largest absolute Gasteiger partial charge is 0.457 e.